The molecule has 0 spiro atoms. The number of aryl methyl sites for hydroxylation is 2. The molecule has 6 N–H and O–H groups in total. The number of likely N-dealkylation sites (tertiary alicyclic amines) is 1. The highest BCUT2D eigenvalue weighted by molar-refractivity contribution is 8.07. The van der Waals surface area contributed by atoms with Gasteiger partial charge in [-0.25, -0.2) is 47.1 Å². The molecule has 0 unspecified atom stereocenters. The molecule has 0 bridgehead atoms. The number of ketones is 4. The van der Waals surface area contributed by atoms with E-state index in [4.69, 9.17) is 44.8 Å². The number of carboxylic acid groups (broad SMARTS) is 1. The van der Waals surface area contributed by atoms with E-state index in [1.807, 2.05) is 26.0 Å². The van der Waals surface area contributed by atoms with E-state index >= 15 is 8.78 Å². The number of primary amides is 2. The zero-order valence-electron chi connectivity index (χ0n) is 55.7. The van der Waals surface area contributed by atoms with Crippen molar-refractivity contribution in [3.05, 3.63) is 176 Å². The van der Waals surface area contributed by atoms with Crippen LogP contribution in [0.5, 0.6) is 0 Å². The second kappa shape index (κ2) is 32.2. The van der Waals surface area contributed by atoms with Crippen LogP contribution in [0, 0.1) is 37.3 Å². The molecule has 6 atom stereocenters. The zero-order chi connectivity index (χ0) is 73.1. The van der Waals surface area contributed by atoms with Crippen LogP contribution < -0.4 is 16.8 Å². The summed E-state index contributed by atoms with van der Waals surface area (Å²) in [4.78, 5) is 118. The minimum absolute atomic E-state index is 0. The largest absolute Gasteiger partial charge is 0.480 e. The number of hydrogen-bond acceptors (Lipinski definition) is 21. The molecule has 12 aromatic rings. The summed E-state index contributed by atoms with van der Waals surface area (Å²) in [6.45, 7) is 5.92. The fourth-order valence-electron chi connectivity index (χ4n) is 13.1. The number of piperidine rings is 2. The summed E-state index contributed by atoms with van der Waals surface area (Å²) < 4.78 is 37.7. The number of rotatable bonds is 18. The van der Waals surface area contributed by atoms with Gasteiger partial charge in [0.05, 0.1) is 23.5 Å². The molecule has 4 aromatic carbocycles. The average molecular weight is 1590 g/mol. The summed E-state index contributed by atoms with van der Waals surface area (Å²) in [5, 5.41) is 31.1. The summed E-state index contributed by atoms with van der Waals surface area (Å²) in [7, 11) is 0. The number of Topliss-reactive ketones (excluding diaryl/α,β-unsaturated/α-hetero) is 4. The number of nitrogens with one attached hydrogen (secondary N) is 1. The van der Waals surface area contributed by atoms with Gasteiger partial charge in [-0.2, -0.15) is 33.9 Å². The molecule has 548 valence electrons. The highest BCUT2D eigenvalue weighted by Gasteiger charge is 2.56. The third-order valence-corrected chi connectivity index (χ3v) is 21.1. The van der Waals surface area contributed by atoms with Crippen LogP contribution in [0.1, 0.15) is 111 Å². The van der Waals surface area contributed by atoms with Gasteiger partial charge in [-0.15, -0.1) is 35.1 Å². The van der Waals surface area contributed by atoms with Crippen LogP contribution in [-0.2, 0) is 67.5 Å². The Bertz CT molecular complexity index is 5540. The number of aromatic nitrogens is 12. The highest BCUT2D eigenvalue weighted by atomic mass is 35.5. The van der Waals surface area contributed by atoms with Crippen LogP contribution in [0.25, 0.3) is 75.4 Å². The molecular formula is C71H65Cl3F2N16O9S5. The van der Waals surface area contributed by atoms with Crippen LogP contribution in [0.15, 0.2) is 110 Å². The van der Waals surface area contributed by atoms with Gasteiger partial charge >= 0.3 is 5.97 Å². The number of carbonyl (C=O) groups excluding carboxylic acids is 7. The van der Waals surface area contributed by atoms with Gasteiger partial charge in [-0.3, -0.25) is 38.4 Å². The molecule has 4 fully saturated rings. The van der Waals surface area contributed by atoms with Crippen molar-refractivity contribution in [3.8, 4) is 43.4 Å². The monoisotopic (exact) mass is 1590 g/mol. The number of carboxylic acids is 1. The number of amides is 3. The molecule has 3 amide bonds. The fourth-order valence-corrected chi connectivity index (χ4v) is 15.6. The van der Waals surface area contributed by atoms with Crippen molar-refractivity contribution < 1.29 is 52.2 Å². The minimum atomic E-state index is -1.09. The summed E-state index contributed by atoms with van der Waals surface area (Å²) in [5.74, 6) is -3.78. The number of halogens is 5. The van der Waals surface area contributed by atoms with Gasteiger partial charge in [0.2, 0.25) is 5.91 Å². The summed E-state index contributed by atoms with van der Waals surface area (Å²) >= 11 is 22.4. The normalized spacial score (nSPS) is 17.1. The Morgan fingerprint density at radius 3 is 1.54 bits per heavy atom. The zero-order valence-corrected chi connectivity index (χ0v) is 62.3. The van der Waals surface area contributed by atoms with Gasteiger partial charge < -0.3 is 26.8 Å². The predicted molar refractivity (Wildman–Crippen MR) is 410 cm³/mol. The van der Waals surface area contributed by atoms with Crippen molar-refractivity contribution in [2.45, 2.75) is 111 Å². The first-order valence-corrected chi connectivity index (χ1v) is 35.7. The molecule has 25 nitrogen and oxygen atoms in total. The molecule has 35 heteroatoms. The first-order valence-electron chi connectivity index (χ1n) is 32.0. The lowest BCUT2D eigenvalue weighted by molar-refractivity contribution is -0.139. The molecule has 0 radical (unpaired) electrons. The average Bonchev–Trinajstić information content (AvgIpc) is 1.58. The van der Waals surface area contributed by atoms with Crippen LogP contribution in [0.4, 0.5) is 8.78 Å². The maximum atomic E-state index is 15.9. The SMILES string of the molecule is C.CC(=O)c1ccc(Cl)c(-c2cccc(CC(=O)[C@@H]3C[C@H]4C[C@H]4N3)c2F)c1.CC(=O)c1ccc(Cl)c(-c2cccc(CC(=O)[C@@H]3C[C@H]4C[C@H]4N3C(=O)Cn3nc(C(N)=O)c4sc(-c5cnc6cc(C)nn6c5)nc43)c2F)c1.Cc1cc2ncc(-c3nc4c(s3)c(C(N)=O)nn4CC(=O)O)cn2n1.Cl.S.S=S. The number of nitrogens with zero attached hydrogens (tertiary/aromatic N) is 13. The van der Waals surface area contributed by atoms with Crippen LogP contribution >= 0.6 is 71.8 Å². The number of carbonyl (C=O) groups is 8. The van der Waals surface area contributed by atoms with E-state index in [1.54, 1.807) is 99.4 Å². The number of aliphatic carboxylic acids is 1. The number of hydrogen-bond donors (Lipinski definition) is 4. The molecule has 2 aliphatic heterocycles. The Morgan fingerprint density at radius 2 is 1.09 bits per heavy atom. The number of benzene rings is 4. The highest BCUT2D eigenvalue weighted by Crippen LogP contribution is 2.49. The van der Waals surface area contributed by atoms with Crippen LogP contribution in [-0.4, -0.2) is 140 Å². The Labute approximate surface area is 643 Å². The van der Waals surface area contributed by atoms with E-state index < -0.39 is 42.0 Å². The van der Waals surface area contributed by atoms with E-state index in [-0.39, 0.29) is 127 Å². The molecule has 2 saturated heterocycles. The van der Waals surface area contributed by atoms with E-state index in [1.165, 1.54) is 53.3 Å². The summed E-state index contributed by atoms with van der Waals surface area (Å²) in [5.41, 5.74) is 18.7. The second-order valence-electron chi connectivity index (χ2n) is 25.4. The van der Waals surface area contributed by atoms with Gasteiger partial charge in [0.15, 0.2) is 57.1 Å². The lowest BCUT2D eigenvalue weighted by Gasteiger charge is -2.27. The van der Waals surface area contributed by atoms with E-state index in [0.717, 1.165) is 35.3 Å². The lowest BCUT2D eigenvalue weighted by atomic mass is 9.95. The third-order valence-electron chi connectivity index (χ3n) is 18.2. The van der Waals surface area contributed by atoms with Crippen molar-refractivity contribution in [2.24, 2.45) is 23.3 Å². The quantitative estimate of drug-likeness (QED) is 0.0580. The molecule has 106 heavy (non-hydrogen) atoms. The van der Waals surface area contributed by atoms with E-state index in [2.05, 4.69) is 63.0 Å². The van der Waals surface area contributed by atoms with Crippen molar-refractivity contribution in [2.75, 3.05) is 0 Å². The lowest BCUT2D eigenvalue weighted by Crippen LogP contribution is -2.45. The first-order chi connectivity index (χ1) is 49.3. The topological polar surface area (TPSA) is 346 Å². The maximum absolute atomic E-state index is 15.9. The summed E-state index contributed by atoms with van der Waals surface area (Å²) in [6, 6.07) is 22.3. The molecule has 2 aliphatic carbocycles. The first kappa shape index (κ1) is 78.9. The Balaban J connectivity index is 0.000000181. The molecule has 2 saturated carbocycles. The molecule has 16 rings (SSSR count). The number of thiazole rings is 2. The van der Waals surface area contributed by atoms with Gasteiger partial charge in [-0.1, -0.05) is 67.0 Å². The van der Waals surface area contributed by atoms with E-state index in [9.17, 15) is 38.4 Å². The molecule has 4 aliphatic rings. The van der Waals surface area contributed by atoms with Gasteiger partial charge in [-0.05, 0) is 113 Å². The number of nitrogens with two attached hydrogens (primary N) is 2. The number of fused-ring (bicyclic) bond motifs is 6. The minimum Gasteiger partial charge on any atom is -0.480 e. The van der Waals surface area contributed by atoms with Crippen molar-refractivity contribution in [1.82, 2.24) is 68.9 Å². The standard InChI is InChI=1S/C35H28ClFN8O4S.C21H19ClFNO2.C14H11N7O3S.CH4.ClH.S2.H2S/c1-16-8-28-39-13-21(14-43(28)41-16)35-40-34-32(50-35)31(33(38)49)42-44(34)15-29(48)45-25-10-20(25)11-26(45)27(47)12-19-4-3-5-22(30(19)37)23-9-18(17(2)46)6-7-24(23)36;1-11(25)12-5-6-17(22)16(7-12)15-4-2-3-13(21(15)23)10-20(26)19-9-14-8-18(14)24-19;1-6-2-8-16-3-7(4-20(8)18-6)14-17-13-11(25-14)10(12(15)24)19-21(13)5-9(22)23;;;1-2;/h3-9,13-14,20,25-26H,10-12,15H2,1-2H3,(H2,38,49);2-7,14,18-19,24H,8-10H2,1H3;2-4H,5H2,1H3,(H2,15,24)(H,22,23);1H4;1H;;1H2/t20-,25-,26+;14-,18-,19+;;;;;/m11...../s1. The van der Waals surface area contributed by atoms with Crippen molar-refractivity contribution in [3.63, 3.8) is 0 Å². The van der Waals surface area contributed by atoms with Crippen LogP contribution in [0.3, 0.4) is 0 Å². The van der Waals surface area contributed by atoms with Crippen molar-refractivity contribution >= 4 is 173 Å². The second-order valence-corrected chi connectivity index (χ2v) is 28.2. The van der Waals surface area contributed by atoms with Gasteiger partial charge in [0, 0.05) is 139 Å². The summed E-state index contributed by atoms with van der Waals surface area (Å²) in [6.07, 6.45) is 9.94. The van der Waals surface area contributed by atoms with Gasteiger partial charge in [0.25, 0.3) is 11.8 Å². The maximum Gasteiger partial charge on any atom is 0.325 e. The fraction of sp³-hybridized carbons (Fsp3) is 0.268. The molecular weight excluding hydrogens is 1530 g/mol. The Hall–Kier alpha value is -9.64. The van der Waals surface area contributed by atoms with Crippen LogP contribution in [0.2, 0.25) is 10.0 Å². The molecule has 8 aromatic heterocycles. The molecule has 10 heterocycles. The Morgan fingerprint density at radius 1 is 0.623 bits per heavy atom. The van der Waals surface area contributed by atoms with Crippen molar-refractivity contribution in [1.29, 1.82) is 0 Å². The predicted octanol–water partition coefficient (Wildman–Crippen LogP) is 11.1. The Kier molecular flexibility index (Phi) is 24.0. The van der Waals surface area contributed by atoms with E-state index in [0.29, 0.717) is 110 Å². The third kappa shape index (κ3) is 16.1. The smallest absolute Gasteiger partial charge is 0.325 e. The van der Waals surface area contributed by atoms with Gasteiger partial charge in [0.1, 0.15) is 44.1 Å².